The van der Waals surface area contributed by atoms with E-state index in [4.69, 9.17) is 9.51 Å². The Labute approximate surface area is 144 Å². The molecule has 7 heteroatoms. The number of thiazole rings is 1. The zero-order chi connectivity index (χ0) is 16.5. The maximum atomic E-state index is 5.26. The fourth-order valence-corrected chi connectivity index (χ4v) is 3.98. The van der Waals surface area contributed by atoms with Gasteiger partial charge in [-0.05, 0) is 39.3 Å². The SMILES string of the molecule is Cc1noc(C)c1-c1nccc([C@H]2CCCN2Cc2nccs2)n1. The van der Waals surface area contributed by atoms with Crippen LogP contribution in [0, 0.1) is 13.8 Å². The summed E-state index contributed by atoms with van der Waals surface area (Å²) in [6, 6.07) is 2.34. The largest absolute Gasteiger partial charge is 0.361 e. The molecule has 3 aromatic rings. The van der Waals surface area contributed by atoms with Crippen LogP contribution in [0.2, 0.25) is 0 Å². The van der Waals surface area contributed by atoms with Crippen LogP contribution in [0.5, 0.6) is 0 Å². The lowest BCUT2D eigenvalue weighted by Crippen LogP contribution is -2.23. The molecule has 1 saturated heterocycles. The van der Waals surface area contributed by atoms with Gasteiger partial charge in [-0.2, -0.15) is 0 Å². The first-order chi connectivity index (χ1) is 11.7. The van der Waals surface area contributed by atoms with Gasteiger partial charge in [-0.15, -0.1) is 11.3 Å². The van der Waals surface area contributed by atoms with Crippen LogP contribution in [0.1, 0.15) is 41.0 Å². The predicted octanol–water partition coefficient (Wildman–Crippen LogP) is 3.54. The van der Waals surface area contributed by atoms with E-state index in [1.54, 1.807) is 11.3 Å². The monoisotopic (exact) mass is 341 g/mol. The summed E-state index contributed by atoms with van der Waals surface area (Å²) in [5.41, 5.74) is 2.80. The number of hydrogen-bond donors (Lipinski definition) is 0. The van der Waals surface area contributed by atoms with Crippen molar-refractivity contribution in [2.45, 2.75) is 39.3 Å². The van der Waals surface area contributed by atoms with Crippen LogP contribution in [-0.4, -0.2) is 31.6 Å². The normalized spacial score (nSPS) is 18.3. The lowest BCUT2D eigenvalue weighted by molar-refractivity contribution is 0.244. The Hall–Kier alpha value is -2.12. The number of aromatic nitrogens is 4. The van der Waals surface area contributed by atoms with E-state index in [1.165, 1.54) is 6.42 Å². The van der Waals surface area contributed by atoms with E-state index in [-0.39, 0.29) is 0 Å². The molecule has 0 amide bonds. The van der Waals surface area contributed by atoms with E-state index < -0.39 is 0 Å². The first-order valence-corrected chi connectivity index (χ1v) is 8.99. The molecule has 0 saturated carbocycles. The molecule has 0 spiro atoms. The second-order valence-electron chi connectivity index (χ2n) is 6.06. The third kappa shape index (κ3) is 2.85. The summed E-state index contributed by atoms with van der Waals surface area (Å²) in [7, 11) is 0. The molecule has 4 heterocycles. The highest BCUT2D eigenvalue weighted by atomic mass is 32.1. The highest BCUT2D eigenvalue weighted by molar-refractivity contribution is 7.09. The Kier molecular flexibility index (Phi) is 4.12. The topological polar surface area (TPSA) is 67.9 Å². The van der Waals surface area contributed by atoms with Gasteiger partial charge >= 0.3 is 0 Å². The molecular weight excluding hydrogens is 322 g/mol. The van der Waals surface area contributed by atoms with Gasteiger partial charge in [0.2, 0.25) is 0 Å². The van der Waals surface area contributed by atoms with Gasteiger partial charge < -0.3 is 4.52 Å². The van der Waals surface area contributed by atoms with Gasteiger partial charge in [-0.1, -0.05) is 5.16 Å². The maximum Gasteiger partial charge on any atom is 0.164 e. The average Bonchev–Trinajstić information content (AvgIpc) is 3.31. The molecule has 0 aromatic carbocycles. The smallest absolute Gasteiger partial charge is 0.164 e. The van der Waals surface area contributed by atoms with Gasteiger partial charge in [0, 0.05) is 17.8 Å². The second-order valence-corrected chi connectivity index (χ2v) is 7.04. The molecular formula is C17H19N5OS. The quantitative estimate of drug-likeness (QED) is 0.723. The summed E-state index contributed by atoms with van der Waals surface area (Å²) in [5, 5.41) is 7.20. The summed E-state index contributed by atoms with van der Waals surface area (Å²) in [5.74, 6) is 1.46. The lowest BCUT2D eigenvalue weighted by atomic mass is 10.1. The number of likely N-dealkylation sites (tertiary alicyclic amines) is 1. The number of aryl methyl sites for hydroxylation is 2. The second kappa shape index (κ2) is 6.41. The van der Waals surface area contributed by atoms with Gasteiger partial charge in [0.15, 0.2) is 5.82 Å². The Morgan fingerprint density at radius 1 is 1.29 bits per heavy atom. The van der Waals surface area contributed by atoms with E-state index in [9.17, 15) is 0 Å². The first-order valence-electron chi connectivity index (χ1n) is 8.11. The number of hydrogen-bond acceptors (Lipinski definition) is 7. The van der Waals surface area contributed by atoms with Crippen LogP contribution in [0.3, 0.4) is 0 Å². The Morgan fingerprint density at radius 2 is 2.21 bits per heavy atom. The van der Waals surface area contributed by atoms with E-state index in [1.807, 2.05) is 37.7 Å². The van der Waals surface area contributed by atoms with Gasteiger partial charge in [0.05, 0.1) is 29.5 Å². The minimum Gasteiger partial charge on any atom is -0.361 e. The van der Waals surface area contributed by atoms with Crippen molar-refractivity contribution in [2.24, 2.45) is 0 Å². The zero-order valence-corrected chi connectivity index (χ0v) is 14.6. The van der Waals surface area contributed by atoms with Gasteiger partial charge in [-0.25, -0.2) is 15.0 Å². The maximum absolute atomic E-state index is 5.26. The summed E-state index contributed by atoms with van der Waals surface area (Å²) >= 11 is 1.71. The Morgan fingerprint density at radius 3 is 2.96 bits per heavy atom. The molecule has 124 valence electrons. The molecule has 6 nitrogen and oxygen atoms in total. The molecule has 0 unspecified atom stereocenters. The highest BCUT2D eigenvalue weighted by Gasteiger charge is 2.28. The van der Waals surface area contributed by atoms with Crippen molar-refractivity contribution in [1.29, 1.82) is 0 Å². The van der Waals surface area contributed by atoms with Crippen molar-refractivity contribution in [3.05, 3.63) is 46.0 Å². The molecule has 1 atom stereocenters. The first kappa shape index (κ1) is 15.4. The molecule has 1 fully saturated rings. The lowest BCUT2D eigenvalue weighted by Gasteiger charge is -2.23. The van der Waals surface area contributed by atoms with E-state index in [0.29, 0.717) is 11.9 Å². The molecule has 4 rings (SSSR count). The molecule has 0 bridgehead atoms. The predicted molar refractivity (Wildman–Crippen MR) is 91.5 cm³/mol. The fourth-order valence-electron chi connectivity index (χ4n) is 3.34. The van der Waals surface area contributed by atoms with Crippen LogP contribution in [0.4, 0.5) is 0 Å². The van der Waals surface area contributed by atoms with Gasteiger partial charge in [-0.3, -0.25) is 4.90 Å². The highest BCUT2D eigenvalue weighted by Crippen LogP contribution is 2.33. The van der Waals surface area contributed by atoms with E-state index in [0.717, 1.165) is 47.2 Å². The van der Waals surface area contributed by atoms with Crippen LogP contribution >= 0.6 is 11.3 Å². The molecule has 1 aliphatic heterocycles. The van der Waals surface area contributed by atoms with Crippen LogP contribution in [0.15, 0.2) is 28.4 Å². The summed E-state index contributed by atoms with van der Waals surface area (Å²) in [6.45, 7) is 5.78. The van der Waals surface area contributed by atoms with E-state index >= 15 is 0 Å². The molecule has 0 radical (unpaired) electrons. The van der Waals surface area contributed by atoms with Crippen molar-refractivity contribution < 1.29 is 4.52 Å². The molecule has 0 aliphatic carbocycles. The molecule has 1 aliphatic rings. The van der Waals surface area contributed by atoms with Gasteiger partial charge in [0.1, 0.15) is 10.8 Å². The van der Waals surface area contributed by atoms with Crippen LogP contribution in [-0.2, 0) is 6.54 Å². The summed E-state index contributed by atoms with van der Waals surface area (Å²) in [6.07, 6.45) is 6.00. The minimum atomic E-state index is 0.316. The van der Waals surface area contributed by atoms with Crippen LogP contribution in [0.25, 0.3) is 11.4 Å². The fraction of sp³-hybridized carbons (Fsp3) is 0.412. The number of rotatable bonds is 4. The van der Waals surface area contributed by atoms with E-state index in [2.05, 4.69) is 20.0 Å². The summed E-state index contributed by atoms with van der Waals surface area (Å²) < 4.78 is 5.26. The third-order valence-corrected chi connectivity index (χ3v) is 5.23. The van der Waals surface area contributed by atoms with Crippen molar-refractivity contribution in [3.8, 4) is 11.4 Å². The van der Waals surface area contributed by atoms with Crippen molar-refractivity contribution in [2.75, 3.05) is 6.54 Å². The minimum absolute atomic E-state index is 0.316. The zero-order valence-electron chi connectivity index (χ0n) is 13.8. The Balaban J connectivity index is 1.63. The standard InChI is InChI=1S/C17H19N5OS/c1-11-16(12(2)23-21-11)17-19-6-5-13(20-17)14-4-3-8-22(14)10-15-18-7-9-24-15/h5-7,9,14H,3-4,8,10H2,1-2H3/t14-/m1/s1. The molecule has 24 heavy (non-hydrogen) atoms. The van der Waals surface area contributed by atoms with Crippen molar-refractivity contribution in [3.63, 3.8) is 0 Å². The number of nitrogens with zero attached hydrogens (tertiary/aromatic N) is 5. The molecule has 0 N–H and O–H groups in total. The third-order valence-electron chi connectivity index (χ3n) is 4.46. The van der Waals surface area contributed by atoms with Crippen LogP contribution < -0.4 is 0 Å². The van der Waals surface area contributed by atoms with Crippen molar-refractivity contribution >= 4 is 11.3 Å². The van der Waals surface area contributed by atoms with Gasteiger partial charge in [0.25, 0.3) is 0 Å². The summed E-state index contributed by atoms with van der Waals surface area (Å²) in [4.78, 5) is 16.1. The molecule has 3 aromatic heterocycles. The van der Waals surface area contributed by atoms with Crippen molar-refractivity contribution in [1.82, 2.24) is 25.0 Å². The average molecular weight is 341 g/mol. The Bertz CT molecular complexity index is 810.